The summed E-state index contributed by atoms with van der Waals surface area (Å²) in [7, 11) is 0. The highest BCUT2D eigenvalue weighted by Crippen LogP contribution is 2.41. The molecule has 2 aromatic rings. The molecular formula is C21H25N3O3. The van der Waals surface area contributed by atoms with E-state index in [2.05, 4.69) is 29.4 Å². The van der Waals surface area contributed by atoms with Crippen LogP contribution >= 0.6 is 0 Å². The lowest BCUT2D eigenvalue weighted by molar-refractivity contribution is -0.127. The van der Waals surface area contributed by atoms with Crippen molar-refractivity contribution in [3.05, 3.63) is 53.9 Å². The Kier molecular flexibility index (Phi) is 4.97. The third-order valence-electron chi connectivity index (χ3n) is 5.91. The van der Waals surface area contributed by atoms with E-state index in [1.807, 2.05) is 15.9 Å². The van der Waals surface area contributed by atoms with Crippen molar-refractivity contribution in [2.45, 2.75) is 32.1 Å². The number of aryl methyl sites for hydroxylation is 1. The molecule has 2 fully saturated rings. The number of nitrogens with zero attached hydrogens (tertiary/aromatic N) is 3. The van der Waals surface area contributed by atoms with Crippen LogP contribution in [0.1, 0.15) is 41.7 Å². The van der Waals surface area contributed by atoms with Gasteiger partial charge in [0.2, 0.25) is 5.91 Å². The van der Waals surface area contributed by atoms with Crippen LogP contribution in [-0.2, 0) is 11.2 Å². The second kappa shape index (κ2) is 7.55. The Hall–Kier alpha value is -2.63. The molecule has 2 saturated heterocycles. The fourth-order valence-corrected chi connectivity index (χ4v) is 4.31. The van der Waals surface area contributed by atoms with Crippen molar-refractivity contribution in [1.29, 1.82) is 0 Å². The van der Waals surface area contributed by atoms with E-state index in [0.717, 1.165) is 38.8 Å². The van der Waals surface area contributed by atoms with E-state index in [-0.39, 0.29) is 17.2 Å². The van der Waals surface area contributed by atoms with E-state index < -0.39 is 0 Å². The maximum Gasteiger partial charge on any atom is 0.276 e. The zero-order valence-corrected chi connectivity index (χ0v) is 15.5. The average Bonchev–Trinajstić information content (AvgIpc) is 3.32. The van der Waals surface area contributed by atoms with Crippen molar-refractivity contribution >= 4 is 11.8 Å². The Morgan fingerprint density at radius 3 is 2.63 bits per heavy atom. The molecule has 2 aliphatic heterocycles. The zero-order valence-electron chi connectivity index (χ0n) is 15.5. The highest BCUT2D eigenvalue weighted by Gasteiger charge is 2.45. The molecule has 6 nitrogen and oxygen atoms in total. The van der Waals surface area contributed by atoms with Gasteiger partial charge in [0.1, 0.15) is 6.26 Å². The van der Waals surface area contributed by atoms with Gasteiger partial charge in [0.15, 0.2) is 5.69 Å². The van der Waals surface area contributed by atoms with E-state index in [0.29, 0.717) is 25.2 Å². The molecule has 0 saturated carbocycles. The minimum Gasteiger partial charge on any atom is -0.364 e. The van der Waals surface area contributed by atoms with Crippen molar-refractivity contribution in [2.24, 2.45) is 5.41 Å². The predicted octanol–water partition coefficient (Wildman–Crippen LogP) is 2.76. The summed E-state index contributed by atoms with van der Waals surface area (Å²) in [6.07, 6.45) is 5.77. The van der Waals surface area contributed by atoms with Crippen molar-refractivity contribution in [3.8, 4) is 0 Å². The second-order valence-electron chi connectivity index (χ2n) is 7.76. The van der Waals surface area contributed by atoms with Crippen molar-refractivity contribution in [3.63, 3.8) is 0 Å². The number of benzene rings is 1. The molecule has 27 heavy (non-hydrogen) atoms. The number of aromatic nitrogens is 1. The lowest BCUT2D eigenvalue weighted by atomic mass is 9.77. The van der Waals surface area contributed by atoms with Crippen LogP contribution < -0.4 is 0 Å². The largest absolute Gasteiger partial charge is 0.364 e. The maximum absolute atomic E-state index is 12.5. The minimum absolute atomic E-state index is 0.0322. The fourth-order valence-electron chi connectivity index (χ4n) is 4.31. The molecular weight excluding hydrogens is 342 g/mol. The summed E-state index contributed by atoms with van der Waals surface area (Å²) in [4.78, 5) is 28.8. The summed E-state index contributed by atoms with van der Waals surface area (Å²) in [6.45, 7) is 3.00. The van der Waals surface area contributed by atoms with Crippen molar-refractivity contribution in [2.75, 3.05) is 26.2 Å². The molecule has 3 heterocycles. The molecule has 1 aromatic heterocycles. The monoisotopic (exact) mass is 367 g/mol. The third kappa shape index (κ3) is 3.89. The van der Waals surface area contributed by atoms with Crippen LogP contribution in [0.3, 0.4) is 0 Å². The normalized spacial score (nSPS) is 19.0. The smallest absolute Gasteiger partial charge is 0.276 e. The first-order valence-electron chi connectivity index (χ1n) is 9.67. The number of carbonyl (C=O) groups excluding carboxylic acids is 2. The van der Waals surface area contributed by atoms with Crippen LogP contribution in [-0.4, -0.2) is 52.9 Å². The summed E-state index contributed by atoms with van der Waals surface area (Å²) in [5.74, 6) is 0.182. The quantitative estimate of drug-likeness (QED) is 0.815. The topological polar surface area (TPSA) is 66.7 Å². The Bertz CT molecular complexity index is 780. The SMILES string of the molecule is O=C1CC2(CCN(C(=O)c3ccon3)CC2)CN1CCCc1ccccc1. The van der Waals surface area contributed by atoms with Gasteiger partial charge >= 0.3 is 0 Å². The Balaban J connectivity index is 1.28. The molecule has 4 rings (SSSR count). The first-order valence-corrected chi connectivity index (χ1v) is 9.67. The van der Waals surface area contributed by atoms with Gasteiger partial charge in [-0.1, -0.05) is 35.5 Å². The number of carbonyl (C=O) groups is 2. The summed E-state index contributed by atoms with van der Waals surface area (Å²) >= 11 is 0. The van der Waals surface area contributed by atoms with E-state index in [1.54, 1.807) is 6.07 Å². The van der Waals surface area contributed by atoms with Gasteiger partial charge in [-0.05, 0) is 31.2 Å². The van der Waals surface area contributed by atoms with Crippen LogP contribution in [0.25, 0.3) is 0 Å². The molecule has 0 N–H and O–H groups in total. The molecule has 0 radical (unpaired) electrons. The molecule has 1 aromatic carbocycles. The Labute approximate surface area is 159 Å². The third-order valence-corrected chi connectivity index (χ3v) is 5.91. The highest BCUT2D eigenvalue weighted by molar-refractivity contribution is 5.92. The fraction of sp³-hybridized carbons (Fsp3) is 0.476. The molecule has 6 heteroatoms. The first kappa shape index (κ1) is 17.8. The van der Waals surface area contributed by atoms with Crippen LogP contribution in [0.5, 0.6) is 0 Å². The molecule has 142 valence electrons. The minimum atomic E-state index is -0.0809. The van der Waals surface area contributed by atoms with Gasteiger partial charge < -0.3 is 14.3 Å². The van der Waals surface area contributed by atoms with Gasteiger partial charge in [-0.15, -0.1) is 0 Å². The van der Waals surface area contributed by atoms with Crippen LogP contribution in [0, 0.1) is 5.41 Å². The summed E-state index contributed by atoms with van der Waals surface area (Å²) in [5.41, 5.74) is 1.71. The van der Waals surface area contributed by atoms with E-state index in [9.17, 15) is 9.59 Å². The van der Waals surface area contributed by atoms with Gasteiger partial charge in [0.05, 0.1) is 0 Å². The standard InChI is InChI=1S/C21H25N3O3/c25-19-15-21(16-24(19)11-4-7-17-5-2-1-3-6-17)9-12-23(13-10-21)20(26)18-8-14-27-22-18/h1-3,5-6,8,14H,4,7,9-13,15-16H2. The van der Waals surface area contributed by atoms with E-state index >= 15 is 0 Å². The molecule has 2 amide bonds. The van der Waals surface area contributed by atoms with Gasteiger partial charge in [-0.3, -0.25) is 9.59 Å². The molecule has 0 unspecified atom stereocenters. The summed E-state index contributed by atoms with van der Waals surface area (Å²) < 4.78 is 4.77. The zero-order chi connectivity index (χ0) is 18.7. The maximum atomic E-state index is 12.5. The van der Waals surface area contributed by atoms with Crippen LogP contribution in [0.2, 0.25) is 0 Å². The second-order valence-corrected chi connectivity index (χ2v) is 7.76. The predicted molar refractivity (Wildman–Crippen MR) is 100 cm³/mol. The lowest BCUT2D eigenvalue weighted by Gasteiger charge is -2.38. The van der Waals surface area contributed by atoms with Gasteiger partial charge in [0.25, 0.3) is 5.91 Å². The molecule has 0 atom stereocenters. The number of rotatable bonds is 5. The lowest BCUT2D eigenvalue weighted by Crippen LogP contribution is -2.44. The van der Waals surface area contributed by atoms with Crippen LogP contribution in [0.15, 0.2) is 47.2 Å². The Morgan fingerprint density at radius 2 is 1.93 bits per heavy atom. The first-order chi connectivity index (χ1) is 13.2. The number of amides is 2. The molecule has 1 spiro atoms. The van der Waals surface area contributed by atoms with Gasteiger partial charge in [-0.2, -0.15) is 0 Å². The van der Waals surface area contributed by atoms with Crippen molar-refractivity contribution in [1.82, 2.24) is 15.0 Å². The number of likely N-dealkylation sites (tertiary alicyclic amines) is 2. The average molecular weight is 367 g/mol. The summed E-state index contributed by atoms with van der Waals surface area (Å²) in [5, 5.41) is 3.73. The van der Waals surface area contributed by atoms with Crippen LogP contribution in [0.4, 0.5) is 0 Å². The summed E-state index contributed by atoms with van der Waals surface area (Å²) in [6, 6.07) is 12.0. The molecule has 0 aliphatic carbocycles. The number of hydrogen-bond donors (Lipinski definition) is 0. The molecule has 0 bridgehead atoms. The Morgan fingerprint density at radius 1 is 1.15 bits per heavy atom. The molecule has 2 aliphatic rings. The van der Waals surface area contributed by atoms with E-state index in [4.69, 9.17) is 4.52 Å². The van der Waals surface area contributed by atoms with Gasteiger partial charge in [-0.25, -0.2) is 0 Å². The van der Waals surface area contributed by atoms with Crippen molar-refractivity contribution < 1.29 is 14.1 Å². The highest BCUT2D eigenvalue weighted by atomic mass is 16.5. The number of piperidine rings is 1. The van der Waals surface area contributed by atoms with E-state index in [1.165, 1.54) is 11.8 Å². The number of hydrogen-bond acceptors (Lipinski definition) is 4. The van der Waals surface area contributed by atoms with Gasteiger partial charge in [0, 0.05) is 44.1 Å².